The number of rotatable bonds is 1. The Hall–Kier alpha value is -1.66. The van der Waals surface area contributed by atoms with Gasteiger partial charge in [-0.15, -0.1) is 0 Å². The first kappa shape index (κ1) is 14.0. The van der Waals surface area contributed by atoms with Crippen molar-refractivity contribution in [2.45, 2.75) is 50.3 Å². The molecule has 1 saturated carbocycles. The average molecular weight is 306 g/mol. The van der Waals surface area contributed by atoms with Crippen LogP contribution in [-0.2, 0) is 23.8 Å². The minimum atomic E-state index is -1.09. The molecule has 2 aliphatic carbocycles. The number of aliphatic hydroxyl groups is 1. The number of carbonyl (C=O) groups excluding carboxylic acids is 2. The molecule has 0 amide bonds. The van der Waals surface area contributed by atoms with Gasteiger partial charge in [0, 0.05) is 18.9 Å². The molecular weight excluding hydrogens is 288 g/mol. The van der Waals surface area contributed by atoms with Crippen molar-refractivity contribution in [3.8, 4) is 0 Å². The Morgan fingerprint density at radius 1 is 1.50 bits per heavy atom. The number of hydrogen-bond donors (Lipinski definition) is 1. The van der Waals surface area contributed by atoms with Crippen LogP contribution in [0.2, 0.25) is 0 Å². The summed E-state index contributed by atoms with van der Waals surface area (Å²) in [6, 6.07) is 0. The van der Waals surface area contributed by atoms with Crippen molar-refractivity contribution in [3.63, 3.8) is 0 Å². The largest absolute Gasteiger partial charge is 0.458 e. The second kappa shape index (κ2) is 4.20. The zero-order valence-electron chi connectivity index (χ0n) is 12.4. The summed E-state index contributed by atoms with van der Waals surface area (Å²) in [5.74, 6) is -1.76. The van der Waals surface area contributed by atoms with Gasteiger partial charge in [-0.25, -0.2) is 4.79 Å². The summed E-state index contributed by atoms with van der Waals surface area (Å²) >= 11 is 0. The van der Waals surface area contributed by atoms with Crippen molar-refractivity contribution in [1.29, 1.82) is 0 Å². The number of ether oxygens (including phenoxy) is 3. The lowest BCUT2D eigenvalue weighted by Crippen LogP contribution is -2.46. The molecule has 0 aromatic carbocycles. The van der Waals surface area contributed by atoms with E-state index in [1.807, 2.05) is 6.92 Å². The molecule has 0 unspecified atom stereocenters. The van der Waals surface area contributed by atoms with E-state index >= 15 is 0 Å². The Labute approximate surface area is 127 Å². The van der Waals surface area contributed by atoms with Crippen LogP contribution in [0.3, 0.4) is 0 Å². The normalized spacial score (nSPS) is 48.6. The molecule has 118 valence electrons. The van der Waals surface area contributed by atoms with E-state index in [-0.39, 0.29) is 23.7 Å². The smallest absolute Gasteiger partial charge is 0.334 e. The van der Waals surface area contributed by atoms with Crippen molar-refractivity contribution in [3.05, 3.63) is 23.8 Å². The van der Waals surface area contributed by atoms with Gasteiger partial charge in [0.15, 0.2) is 0 Å². The van der Waals surface area contributed by atoms with Gasteiger partial charge in [-0.05, 0) is 18.6 Å². The fourth-order valence-electron chi connectivity index (χ4n) is 4.32. The second-order valence-electron chi connectivity index (χ2n) is 6.64. The fourth-order valence-corrected chi connectivity index (χ4v) is 4.32. The van der Waals surface area contributed by atoms with E-state index < -0.39 is 35.7 Å². The topological polar surface area (TPSA) is 85.4 Å². The van der Waals surface area contributed by atoms with Gasteiger partial charge in [0.1, 0.15) is 12.2 Å². The summed E-state index contributed by atoms with van der Waals surface area (Å²) in [5.41, 5.74) is -0.0671. The molecule has 3 fully saturated rings. The lowest BCUT2D eigenvalue weighted by atomic mass is 9.78. The van der Waals surface area contributed by atoms with E-state index in [2.05, 4.69) is 6.58 Å². The zero-order valence-corrected chi connectivity index (χ0v) is 12.4. The van der Waals surface area contributed by atoms with Crippen molar-refractivity contribution in [2.24, 2.45) is 11.8 Å². The third-order valence-electron chi connectivity index (χ3n) is 5.41. The maximum absolute atomic E-state index is 12.0. The summed E-state index contributed by atoms with van der Waals surface area (Å²) < 4.78 is 16.4. The number of esters is 2. The van der Waals surface area contributed by atoms with E-state index in [4.69, 9.17) is 14.2 Å². The SMILES string of the molecule is C=C1C(=O)O[C@H]2[C@H]1[C@@H](OC(C)=O)C=C(C)[C@]1(O)C[C@H]3O[C@H]3[C@H]21. The third-order valence-corrected chi connectivity index (χ3v) is 5.41. The molecule has 0 aromatic heterocycles. The van der Waals surface area contributed by atoms with E-state index in [0.717, 1.165) is 5.57 Å². The minimum absolute atomic E-state index is 0.0110. The maximum Gasteiger partial charge on any atom is 0.334 e. The molecule has 7 atom stereocenters. The first-order valence-electron chi connectivity index (χ1n) is 7.46. The van der Waals surface area contributed by atoms with Crippen LogP contribution in [-0.4, -0.2) is 47.1 Å². The van der Waals surface area contributed by atoms with Crippen molar-refractivity contribution in [1.82, 2.24) is 0 Å². The molecule has 22 heavy (non-hydrogen) atoms. The number of carbonyl (C=O) groups is 2. The van der Waals surface area contributed by atoms with Gasteiger partial charge < -0.3 is 19.3 Å². The van der Waals surface area contributed by atoms with Crippen molar-refractivity contribution in [2.75, 3.05) is 0 Å². The Bertz CT molecular complexity index is 622. The van der Waals surface area contributed by atoms with E-state index in [1.54, 1.807) is 6.08 Å². The van der Waals surface area contributed by atoms with Gasteiger partial charge >= 0.3 is 11.9 Å². The van der Waals surface area contributed by atoms with Crippen LogP contribution < -0.4 is 0 Å². The van der Waals surface area contributed by atoms with Crippen molar-refractivity contribution < 1.29 is 28.9 Å². The third kappa shape index (κ3) is 1.68. The van der Waals surface area contributed by atoms with Gasteiger partial charge in [-0.3, -0.25) is 4.79 Å². The zero-order chi connectivity index (χ0) is 15.8. The Morgan fingerprint density at radius 2 is 2.23 bits per heavy atom. The number of epoxide rings is 1. The van der Waals surface area contributed by atoms with Crippen LogP contribution in [0.5, 0.6) is 0 Å². The molecule has 4 rings (SSSR count). The summed E-state index contributed by atoms with van der Waals surface area (Å²) in [4.78, 5) is 23.4. The van der Waals surface area contributed by atoms with Crippen LogP contribution in [0.15, 0.2) is 23.8 Å². The first-order chi connectivity index (χ1) is 10.3. The molecule has 2 saturated heterocycles. The lowest BCUT2D eigenvalue weighted by molar-refractivity contribution is -0.151. The highest BCUT2D eigenvalue weighted by atomic mass is 16.6. The average Bonchev–Trinajstić information content (AvgIpc) is 3.01. The molecular formula is C16H18O6. The summed E-state index contributed by atoms with van der Waals surface area (Å²) in [5, 5.41) is 11.1. The van der Waals surface area contributed by atoms with Crippen LogP contribution in [0.25, 0.3) is 0 Å². The van der Waals surface area contributed by atoms with Gasteiger partial charge in [0.25, 0.3) is 0 Å². The molecule has 4 aliphatic rings. The lowest BCUT2D eigenvalue weighted by Gasteiger charge is -2.35. The molecule has 2 aliphatic heterocycles. The van der Waals surface area contributed by atoms with Crippen LogP contribution >= 0.6 is 0 Å². The monoisotopic (exact) mass is 306 g/mol. The van der Waals surface area contributed by atoms with Gasteiger partial charge in [-0.1, -0.05) is 6.58 Å². The summed E-state index contributed by atoms with van der Waals surface area (Å²) in [6.45, 7) is 6.94. The second-order valence-corrected chi connectivity index (χ2v) is 6.64. The van der Waals surface area contributed by atoms with E-state index in [1.165, 1.54) is 6.92 Å². The number of fused-ring (bicyclic) bond motifs is 5. The summed E-state index contributed by atoms with van der Waals surface area (Å²) in [6.07, 6.45) is 0.864. The Kier molecular flexibility index (Phi) is 2.67. The predicted molar refractivity (Wildman–Crippen MR) is 73.5 cm³/mol. The van der Waals surface area contributed by atoms with Crippen LogP contribution in [0, 0.1) is 11.8 Å². The first-order valence-corrected chi connectivity index (χ1v) is 7.46. The molecule has 6 heteroatoms. The van der Waals surface area contributed by atoms with E-state index in [9.17, 15) is 14.7 Å². The minimum Gasteiger partial charge on any atom is -0.458 e. The highest BCUT2D eigenvalue weighted by Crippen LogP contribution is 2.58. The Balaban J connectivity index is 1.81. The molecule has 0 bridgehead atoms. The highest BCUT2D eigenvalue weighted by molar-refractivity contribution is 5.91. The standard InChI is InChI=1S/C16H18O6/c1-6-4-9(20-8(3)17)11-7(2)15(18)22-14(11)12-13-10(21-13)5-16(6,12)19/h4,9-14,19H,2,5H2,1,3H3/t9-,10+,11+,12+,13+,14-,16+/m0/s1. The van der Waals surface area contributed by atoms with Gasteiger partial charge in [0.05, 0.1) is 29.6 Å². The van der Waals surface area contributed by atoms with E-state index in [0.29, 0.717) is 6.42 Å². The predicted octanol–water partition coefficient (Wildman–Crippen LogP) is 0.494. The quantitative estimate of drug-likeness (QED) is 0.328. The molecule has 1 N–H and O–H groups in total. The van der Waals surface area contributed by atoms with Gasteiger partial charge in [0.2, 0.25) is 0 Å². The van der Waals surface area contributed by atoms with Crippen LogP contribution in [0.1, 0.15) is 20.3 Å². The summed E-state index contributed by atoms with van der Waals surface area (Å²) in [7, 11) is 0. The van der Waals surface area contributed by atoms with Crippen LogP contribution in [0.4, 0.5) is 0 Å². The molecule has 0 radical (unpaired) electrons. The fraction of sp³-hybridized carbons (Fsp3) is 0.625. The molecule has 2 heterocycles. The molecule has 6 nitrogen and oxygen atoms in total. The Morgan fingerprint density at radius 3 is 2.91 bits per heavy atom. The molecule has 0 aromatic rings. The number of hydrogen-bond acceptors (Lipinski definition) is 6. The maximum atomic E-state index is 12.0. The van der Waals surface area contributed by atoms with Gasteiger partial charge in [-0.2, -0.15) is 0 Å². The highest BCUT2D eigenvalue weighted by Gasteiger charge is 2.70. The molecule has 0 spiro atoms. The van der Waals surface area contributed by atoms with Crippen molar-refractivity contribution >= 4 is 11.9 Å².